The van der Waals surface area contributed by atoms with Crippen molar-refractivity contribution < 1.29 is 19.0 Å². The number of aromatic nitrogens is 1. The topological polar surface area (TPSA) is 60.9 Å². The summed E-state index contributed by atoms with van der Waals surface area (Å²) in [7, 11) is 1.60. The average Bonchev–Trinajstić information content (AvgIpc) is 2.67. The number of pyridine rings is 1. The second-order valence-electron chi connectivity index (χ2n) is 5.43. The number of methoxy groups -OCH3 is 1. The number of rotatable bonds is 5. The fourth-order valence-corrected chi connectivity index (χ4v) is 2.48. The summed E-state index contributed by atoms with van der Waals surface area (Å²) in [6, 6.07) is 11.0. The van der Waals surface area contributed by atoms with Crippen LogP contribution in [-0.2, 0) is 16.1 Å². The number of esters is 1. The third-order valence-electron chi connectivity index (χ3n) is 3.82. The summed E-state index contributed by atoms with van der Waals surface area (Å²) in [5.41, 5.74) is 1.32. The Balaban J connectivity index is 1.58. The van der Waals surface area contributed by atoms with Gasteiger partial charge in [-0.25, -0.2) is 9.78 Å². The molecular formula is C18H20N2O4. The molecule has 0 N–H and O–H groups in total. The SMILES string of the molecule is COc1cccc(COC(=O)c2ccc(N3CCOCC3)nc2)c1. The lowest BCUT2D eigenvalue weighted by Crippen LogP contribution is -2.36. The van der Waals surface area contributed by atoms with Gasteiger partial charge in [-0.3, -0.25) is 0 Å². The number of hydrogen-bond acceptors (Lipinski definition) is 6. The predicted octanol–water partition coefficient (Wildman–Crippen LogP) is 2.28. The summed E-state index contributed by atoms with van der Waals surface area (Å²) >= 11 is 0. The molecule has 0 bridgehead atoms. The smallest absolute Gasteiger partial charge is 0.340 e. The van der Waals surface area contributed by atoms with Crippen molar-refractivity contribution in [2.24, 2.45) is 0 Å². The van der Waals surface area contributed by atoms with Crippen molar-refractivity contribution in [1.82, 2.24) is 4.98 Å². The first-order valence-corrected chi connectivity index (χ1v) is 7.85. The highest BCUT2D eigenvalue weighted by Crippen LogP contribution is 2.16. The van der Waals surface area contributed by atoms with Gasteiger partial charge in [0, 0.05) is 19.3 Å². The number of carbonyl (C=O) groups is 1. The molecule has 0 saturated carbocycles. The largest absolute Gasteiger partial charge is 0.497 e. The molecule has 24 heavy (non-hydrogen) atoms. The van der Waals surface area contributed by atoms with E-state index in [0.29, 0.717) is 18.8 Å². The Kier molecular flexibility index (Phi) is 5.28. The number of anilines is 1. The molecule has 1 aliphatic rings. The molecule has 1 fully saturated rings. The number of nitrogens with zero attached hydrogens (tertiary/aromatic N) is 2. The molecule has 0 aliphatic carbocycles. The van der Waals surface area contributed by atoms with Gasteiger partial charge in [-0.05, 0) is 29.8 Å². The Bertz CT molecular complexity index is 682. The highest BCUT2D eigenvalue weighted by Gasteiger charge is 2.14. The van der Waals surface area contributed by atoms with E-state index in [1.807, 2.05) is 30.3 Å². The minimum atomic E-state index is -0.390. The number of carbonyl (C=O) groups excluding carboxylic acids is 1. The lowest BCUT2D eigenvalue weighted by Gasteiger charge is -2.27. The quantitative estimate of drug-likeness (QED) is 0.785. The number of ether oxygens (including phenoxy) is 3. The van der Waals surface area contributed by atoms with Gasteiger partial charge in [-0.1, -0.05) is 12.1 Å². The first-order chi connectivity index (χ1) is 11.8. The van der Waals surface area contributed by atoms with Crippen molar-refractivity contribution >= 4 is 11.8 Å². The molecule has 6 heteroatoms. The number of morpholine rings is 1. The van der Waals surface area contributed by atoms with Crippen LogP contribution in [0.2, 0.25) is 0 Å². The van der Waals surface area contributed by atoms with E-state index in [0.717, 1.165) is 30.2 Å². The van der Waals surface area contributed by atoms with E-state index >= 15 is 0 Å². The first kappa shape index (κ1) is 16.3. The molecule has 126 valence electrons. The van der Waals surface area contributed by atoms with Crippen LogP contribution in [0.4, 0.5) is 5.82 Å². The molecule has 1 aliphatic heterocycles. The van der Waals surface area contributed by atoms with E-state index in [4.69, 9.17) is 14.2 Å². The number of benzene rings is 1. The summed E-state index contributed by atoms with van der Waals surface area (Å²) in [4.78, 5) is 18.6. The summed E-state index contributed by atoms with van der Waals surface area (Å²) in [5.74, 6) is 1.20. The van der Waals surface area contributed by atoms with E-state index in [2.05, 4.69) is 9.88 Å². The third-order valence-corrected chi connectivity index (χ3v) is 3.82. The van der Waals surface area contributed by atoms with Crippen LogP contribution in [0.5, 0.6) is 5.75 Å². The van der Waals surface area contributed by atoms with E-state index in [1.165, 1.54) is 0 Å². The van der Waals surface area contributed by atoms with Gasteiger partial charge >= 0.3 is 5.97 Å². The third kappa shape index (κ3) is 4.02. The van der Waals surface area contributed by atoms with Gasteiger partial charge in [0.1, 0.15) is 18.2 Å². The zero-order valence-electron chi connectivity index (χ0n) is 13.6. The van der Waals surface area contributed by atoms with Gasteiger partial charge in [0.25, 0.3) is 0 Å². The van der Waals surface area contributed by atoms with Crippen LogP contribution in [0.3, 0.4) is 0 Å². The molecule has 0 amide bonds. The van der Waals surface area contributed by atoms with Gasteiger partial charge in [-0.2, -0.15) is 0 Å². The Hall–Kier alpha value is -2.60. The zero-order chi connectivity index (χ0) is 16.8. The Morgan fingerprint density at radius 1 is 1.25 bits per heavy atom. The molecule has 1 aromatic carbocycles. The van der Waals surface area contributed by atoms with Crippen LogP contribution in [-0.4, -0.2) is 44.4 Å². The van der Waals surface area contributed by atoms with Crippen LogP contribution in [0.1, 0.15) is 15.9 Å². The molecule has 1 aromatic heterocycles. The Labute approximate surface area is 141 Å². The highest BCUT2D eigenvalue weighted by molar-refractivity contribution is 5.89. The Morgan fingerprint density at radius 3 is 2.79 bits per heavy atom. The molecule has 0 atom stereocenters. The van der Waals surface area contributed by atoms with Crippen LogP contribution < -0.4 is 9.64 Å². The second-order valence-corrected chi connectivity index (χ2v) is 5.43. The van der Waals surface area contributed by atoms with Gasteiger partial charge < -0.3 is 19.1 Å². The average molecular weight is 328 g/mol. The van der Waals surface area contributed by atoms with Crippen molar-refractivity contribution in [1.29, 1.82) is 0 Å². The monoisotopic (exact) mass is 328 g/mol. The molecule has 3 rings (SSSR count). The van der Waals surface area contributed by atoms with Gasteiger partial charge in [0.2, 0.25) is 0 Å². The predicted molar refractivity (Wildman–Crippen MR) is 89.4 cm³/mol. The van der Waals surface area contributed by atoms with E-state index in [1.54, 1.807) is 19.4 Å². The maximum atomic E-state index is 12.1. The zero-order valence-corrected chi connectivity index (χ0v) is 13.6. The fourth-order valence-electron chi connectivity index (χ4n) is 2.48. The van der Waals surface area contributed by atoms with E-state index in [9.17, 15) is 4.79 Å². The van der Waals surface area contributed by atoms with Gasteiger partial charge in [0.05, 0.1) is 25.9 Å². The van der Waals surface area contributed by atoms with Crippen molar-refractivity contribution in [3.05, 3.63) is 53.7 Å². The second kappa shape index (κ2) is 7.79. The summed E-state index contributed by atoms with van der Waals surface area (Å²) in [5, 5.41) is 0. The lowest BCUT2D eigenvalue weighted by atomic mass is 10.2. The highest BCUT2D eigenvalue weighted by atomic mass is 16.5. The van der Waals surface area contributed by atoms with Crippen molar-refractivity contribution in [3.63, 3.8) is 0 Å². The standard InChI is InChI=1S/C18H20N2O4/c1-22-16-4-2-3-14(11-16)13-24-18(21)15-5-6-17(19-12-15)20-7-9-23-10-8-20/h2-6,11-12H,7-10,13H2,1H3. The molecule has 1 saturated heterocycles. The minimum Gasteiger partial charge on any atom is -0.497 e. The van der Waals surface area contributed by atoms with Crippen LogP contribution >= 0.6 is 0 Å². The normalized spacial score (nSPS) is 14.3. The fraction of sp³-hybridized carbons (Fsp3) is 0.333. The molecule has 0 unspecified atom stereocenters. The molecule has 2 aromatic rings. The van der Waals surface area contributed by atoms with Crippen molar-refractivity contribution in [2.75, 3.05) is 38.3 Å². The minimum absolute atomic E-state index is 0.196. The molecule has 6 nitrogen and oxygen atoms in total. The van der Waals surface area contributed by atoms with Gasteiger partial charge in [0.15, 0.2) is 0 Å². The van der Waals surface area contributed by atoms with Crippen molar-refractivity contribution in [2.45, 2.75) is 6.61 Å². The lowest BCUT2D eigenvalue weighted by molar-refractivity contribution is 0.0472. The van der Waals surface area contributed by atoms with Crippen LogP contribution in [0.15, 0.2) is 42.6 Å². The maximum absolute atomic E-state index is 12.1. The summed E-state index contributed by atoms with van der Waals surface area (Å²) in [6.07, 6.45) is 1.55. The summed E-state index contributed by atoms with van der Waals surface area (Å²) in [6.45, 7) is 3.22. The van der Waals surface area contributed by atoms with Crippen LogP contribution in [0.25, 0.3) is 0 Å². The van der Waals surface area contributed by atoms with Crippen molar-refractivity contribution in [3.8, 4) is 5.75 Å². The summed E-state index contributed by atoms with van der Waals surface area (Å²) < 4.78 is 15.8. The molecule has 0 radical (unpaired) electrons. The van der Waals surface area contributed by atoms with Gasteiger partial charge in [-0.15, -0.1) is 0 Å². The number of hydrogen-bond donors (Lipinski definition) is 0. The van der Waals surface area contributed by atoms with E-state index in [-0.39, 0.29) is 12.6 Å². The molecule has 0 spiro atoms. The first-order valence-electron chi connectivity index (χ1n) is 7.85. The molecule has 2 heterocycles. The maximum Gasteiger partial charge on any atom is 0.340 e. The van der Waals surface area contributed by atoms with E-state index < -0.39 is 0 Å². The van der Waals surface area contributed by atoms with Crippen LogP contribution in [0, 0.1) is 0 Å². The molecular weight excluding hydrogens is 308 g/mol. The Morgan fingerprint density at radius 2 is 2.08 bits per heavy atom.